The zero-order chi connectivity index (χ0) is 11.0. The van der Waals surface area contributed by atoms with E-state index in [9.17, 15) is 4.39 Å². The minimum Gasteiger partial charge on any atom is -0.354 e. The fraction of sp³-hybridized carbons (Fsp3) is 0. The molecule has 0 aliphatic carbocycles. The van der Waals surface area contributed by atoms with Crippen LogP contribution < -0.4 is 0 Å². The Morgan fingerprint density at radius 1 is 1.12 bits per heavy atom. The second-order valence-corrected chi connectivity index (χ2v) is 3.66. The Hall–Kier alpha value is -2.16. The number of hydrogen-bond acceptors (Lipinski definition) is 1. The van der Waals surface area contributed by atoms with Crippen molar-refractivity contribution >= 4 is 10.9 Å². The van der Waals surface area contributed by atoms with E-state index in [-0.39, 0.29) is 5.82 Å². The van der Waals surface area contributed by atoms with Crippen molar-refractivity contribution in [1.82, 2.24) is 9.97 Å². The van der Waals surface area contributed by atoms with Crippen molar-refractivity contribution < 1.29 is 4.39 Å². The summed E-state index contributed by atoms with van der Waals surface area (Å²) in [5, 5.41) is 1.03. The number of nitrogens with zero attached hydrogens (tertiary/aromatic N) is 1. The maximum atomic E-state index is 13.1. The molecule has 0 atom stereocenters. The van der Waals surface area contributed by atoms with Crippen LogP contribution >= 0.6 is 0 Å². The van der Waals surface area contributed by atoms with Gasteiger partial charge in [-0.1, -0.05) is 12.1 Å². The Bertz CT molecular complexity index is 610. The number of pyridine rings is 1. The molecule has 0 unspecified atom stereocenters. The quantitative estimate of drug-likeness (QED) is 0.658. The highest BCUT2D eigenvalue weighted by molar-refractivity contribution is 5.84. The summed E-state index contributed by atoms with van der Waals surface area (Å²) in [6.45, 7) is 0. The third kappa shape index (κ3) is 1.46. The molecule has 0 bridgehead atoms. The van der Waals surface area contributed by atoms with E-state index in [4.69, 9.17) is 0 Å². The van der Waals surface area contributed by atoms with E-state index in [0.717, 1.165) is 22.2 Å². The summed E-state index contributed by atoms with van der Waals surface area (Å²) >= 11 is 0. The van der Waals surface area contributed by atoms with E-state index in [1.807, 2.05) is 18.2 Å². The normalized spacial score (nSPS) is 10.8. The van der Waals surface area contributed by atoms with E-state index in [2.05, 4.69) is 9.97 Å². The van der Waals surface area contributed by atoms with Gasteiger partial charge < -0.3 is 4.98 Å². The topological polar surface area (TPSA) is 28.7 Å². The number of benzene rings is 1. The summed E-state index contributed by atoms with van der Waals surface area (Å²) in [4.78, 5) is 7.28. The molecule has 3 rings (SSSR count). The van der Waals surface area contributed by atoms with Crippen LogP contribution in [0.5, 0.6) is 0 Å². The van der Waals surface area contributed by atoms with Gasteiger partial charge in [-0.2, -0.15) is 0 Å². The smallest absolute Gasteiger partial charge is 0.123 e. The highest BCUT2D eigenvalue weighted by atomic mass is 19.1. The van der Waals surface area contributed by atoms with Gasteiger partial charge >= 0.3 is 0 Å². The molecular weight excluding hydrogens is 203 g/mol. The Morgan fingerprint density at radius 2 is 2.06 bits per heavy atom. The summed E-state index contributed by atoms with van der Waals surface area (Å²) in [6.07, 6.45) is 3.52. The van der Waals surface area contributed by atoms with Crippen LogP contribution in [0, 0.1) is 5.82 Å². The lowest BCUT2D eigenvalue weighted by atomic mass is 10.1. The van der Waals surface area contributed by atoms with Crippen molar-refractivity contribution in [3.8, 4) is 11.3 Å². The molecule has 0 aliphatic heterocycles. The van der Waals surface area contributed by atoms with Crippen molar-refractivity contribution in [2.45, 2.75) is 0 Å². The molecule has 0 aliphatic rings. The fourth-order valence-electron chi connectivity index (χ4n) is 1.78. The zero-order valence-electron chi connectivity index (χ0n) is 8.44. The van der Waals surface area contributed by atoms with Gasteiger partial charge in [0.25, 0.3) is 0 Å². The molecule has 3 heteroatoms. The first-order valence-corrected chi connectivity index (χ1v) is 5.01. The average molecular weight is 212 g/mol. The molecule has 0 spiro atoms. The highest BCUT2D eigenvalue weighted by Crippen LogP contribution is 2.23. The lowest BCUT2D eigenvalue weighted by Gasteiger charge is -1.96. The SMILES string of the molecule is Fc1cccc(-c2cc3cnccc3[nH]2)c1. The summed E-state index contributed by atoms with van der Waals surface area (Å²) in [6, 6.07) is 10.4. The van der Waals surface area contributed by atoms with Gasteiger partial charge in [-0.15, -0.1) is 0 Å². The van der Waals surface area contributed by atoms with E-state index in [0.29, 0.717) is 0 Å². The minimum atomic E-state index is -0.228. The Morgan fingerprint density at radius 3 is 2.88 bits per heavy atom. The van der Waals surface area contributed by atoms with Crippen molar-refractivity contribution in [3.05, 3.63) is 54.6 Å². The lowest BCUT2D eigenvalue weighted by molar-refractivity contribution is 0.628. The van der Waals surface area contributed by atoms with Crippen molar-refractivity contribution in [1.29, 1.82) is 0 Å². The number of rotatable bonds is 1. The number of fused-ring (bicyclic) bond motifs is 1. The molecule has 0 amide bonds. The second-order valence-electron chi connectivity index (χ2n) is 3.66. The van der Waals surface area contributed by atoms with Crippen molar-refractivity contribution in [2.75, 3.05) is 0 Å². The summed E-state index contributed by atoms with van der Waals surface area (Å²) in [5.41, 5.74) is 2.76. The van der Waals surface area contributed by atoms with E-state index >= 15 is 0 Å². The first-order valence-electron chi connectivity index (χ1n) is 5.01. The summed E-state index contributed by atoms with van der Waals surface area (Å²) < 4.78 is 13.1. The average Bonchev–Trinajstić information content (AvgIpc) is 2.72. The third-order valence-electron chi connectivity index (χ3n) is 2.56. The third-order valence-corrected chi connectivity index (χ3v) is 2.56. The van der Waals surface area contributed by atoms with Crippen LogP contribution in [-0.4, -0.2) is 9.97 Å². The molecular formula is C13H9FN2. The predicted molar refractivity (Wildman–Crippen MR) is 61.5 cm³/mol. The van der Waals surface area contributed by atoms with E-state index in [1.165, 1.54) is 12.1 Å². The maximum Gasteiger partial charge on any atom is 0.123 e. The summed E-state index contributed by atoms with van der Waals surface area (Å²) in [5.74, 6) is -0.228. The molecule has 1 N–H and O–H groups in total. The molecule has 0 saturated carbocycles. The largest absolute Gasteiger partial charge is 0.354 e. The van der Waals surface area contributed by atoms with E-state index < -0.39 is 0 Å². The van der Waals surface area contributed by atoms with Crippen LogP contribution in [0.2, 0.25) is 0 Å². The number of aromatic nitrogens is 2. The van der Waals surface area contributed by atoms with Crippen LogP contribution in [0.1, 0.15) is 0 Å². The number of aromatic amines is 1. The standard InChI is InChI=1S/C13H9FN2/c14-11-3-1-2-9(6-11)13-7-10-8-15-5-4-12(10)16-13/h1-8,16H. The van der Waals surface area contributed by atoms with Crippen LogP contribution in [0.3, 0.4) is 0 Å². The molecule has 2 aromatic heterocycles. The molecule has 16 heavy (non-hydrogen) atoms. The molecule has 3 aromatic rings. The van der Waals surface area contributed by atoms with Crippen LogP contribution in [0.4, 0.5) is 4.39 Å². The molecule has 1 aromatic carbocycles. The lowest BCUT2D eigenvalue weighted by Crippen LogP contribution is -1.78. The second kappa shape index (κ2) is 3.45. The molecule has 0 radical (unpaired) electrons. The molecule has 2 nitrogen and oxygen atoms in total. The minimum absolute atomic E-state index is 0.228. The van der Waals surface area contributed by atoms with Crippen LogP contribution in [0.25, 0.3) is 22.2 Å². The number of hydrogen-bond donors (Lipinski definition) is 1. The molecule has 2 heterocycles. The number of nitrogens with one attached hydrogen (secondary N) is 1. The monoisotopic (exact) mass is 212 g/mol. The highest BCUT2D eigenvalue weighted by Gasteiger charge is 2.03. The van der Waals surface area contributed by atoms with Crippen LogP contribution in [0.15, 0.2) is 48.8 Å². The maximum absolute atomic E-state index is 13.1. The van der Waals surface area contributed by atoms with Gasteiger partial charge in [0.05, 0.1) is 0 Å². The Labute approximate surface area is 91.8 Å². The summed E-state index contributed by atoms with van der Waals surface area (Å²) in [7, 11) is 0. The van der Waals surface area contributed by atoms with Gasteiger partial charge in [0, 0.05) is 34.6 Å². The van der Waals surface area contributed by atoms with E-state index in [1.54, 1.807) is 18.5 Å². The van der Waals surface area contributed by atoms with Gasteiger partial charge in [0.2, 0.25) is 0 Å². The number of H-pyrrole nitrogens is 1. The Kier molecular flexibility index (Phi) is 1.96. The first kappa shape index (κ1) is 9.09. The van der Waals surface area contributed by atoms with Crippen LogP contribution in [-0.2, 0) is 0 Å². The van der Waals surface area contributed by atoms with Gasteiger partial charge in [0.1, 0.15) is 5.82 Å². The zero-order valence-corrected chi connectivity index (χ0v) is 8.44. The predicted octanol–water partition coefficient (Wildman–Crippen LogP) is 3.37. The van der Waals surface area contributed by atoms with Crippen molar-refractivity contribution in [3.63, 3.8) is 0 Å². The first-order chi connectivity index (χ1) is 7.83. The van der Waals surface area contributed by atoms with Gasteiger partial charge in [-0.25, -0.2) is 4.39 Å². The fourth-order valence-corrected chi connectivity index (χ4v) is 1.78. The van der Waals surface area contributed by atoms with Gasteiger partial charge in [-0.3, -0.25) is 4.98 Å². The Balaban J connectivity index is 2.19. The molecule has 0 fully saturated rings. The number of halogens is 1. The van der Waals surface area contributed by atoms with Gasteiger partial charge in [0.15, 0.2) is 0 Å². The molecule has 78 valence electrons. The molecule has 0 saturated heterocycles. The van der Waals surface area contributed by atoms with Crippen molar-refractivity contribution in [2.24, 2.45) is 0 Å². The van der Waals surface area contributed by atoms with Gasteiger partial charge in [-0.05, 0) is 24.3 Å².